The second-order valence-corrected chi connectivity index (χ2v) is 5.46. The Morgan fingerprint density at radius 2 is 1.72 bits per heavy atom. The van der Waals surface area contributed by atoms with Crippen molar-refractivity contribution >= 4 is 0 Å². The van der Waals surface area contributed by atoms with Gasteiger partial charge >= 0.3 is 6.18 Å². The number of hydrogen-bond acceptors (Lipinski definition) is 4. The van der Waals surface area contributed by atoms with E-state index in [-0.39, 0.29) is 13.2 Å². The van der Waals surface area contributed by atoms with Gasteiger partial charge in [0.2, 0.25) is 5.82 Å². The number of halogens is 3. The van der Waals surface area contributed by atoms with E-state index in [4.69, 9.17) is 5.11 Å². The monoisotopic (exact) mass is 348 g/mol. The molecule has 0 aliphatic heterocycles. The Balaban J connectivity index is 1.85. The molecule has 0 unspecified atom stereocenters. The fraction of sp³-hybridized carbons (Fsp3) is 0.235. The quantitative estimate of drug-likeness (QED) is 0.770. The van der Waals surface area contributed by atoms with E-state index in [2.05, 4.69) is 15.4 Å². The van der Waals surface area contributed by atoms with Crippen molar-refractivity contribution in [2.75, 3.05) is 6.61 Å². The second kappa shape index (κ2) is 7.02. The molecule has 2 aromatic carbocycles. The van der Waals surface area contributed by atoms with Gasteiger partial charge < -0.3 is 5.11 Å². The van der Waals surface area contributed by atoms with Crippen molar-refractivity contribution in [2.45, 2.75) is 19.1 Å². The molecule has 3 rings (SSSR count). The Bertz CT molecular complexity index is 844. The van der Waals surface area contributed by atoms with Crippen molar-refractivity contribution in [2.24, 2.45) is 0 Å². The van der Waals surface area contributed by atoms with Gasteiger partial charge in [-0.1, -0.05) is 36.4 Å². The molecule has 1 aromatic heterocycles. The van der Waals surface area contributed by atoms with Crippen LogP contribution in [0, 0.1) is 0 Å². The molecule has 0 spiro atoms. The van der Waals surface area contributed by atoms with Crippen molar-refractivity contribution < 1.29 is 18.3 Å². The first-order valence-electron chi connectivity index (χ1n) is 7.60. The van der Waals surface area contributed by atoms with Crippen molar-refractivity contribution in [3.63, 3.8) is 0 Å². The number of rotatable bonds is 5. The fourth-order valence-corrected chi connectivity index (χ4v) is 2.46. The minimum absolute atomic E-state index is 0.0942. The summed E-state index contributed by atoms with van der Waals surface area (Å²) in [6.45, 7) is 0.150. The Labute approximate surface area is 141 Å². The lowest BCUT2D eigenvalue weighted by atomic mass is 9.98. The summed E-state index contributed by atoms with van der Waals surface area (Å²) < 4.78 is 38.0. The summed E-state index contributed by atoms with van der Waals surface area (Å²) in [6, 6.07) is 12.5. The standard InChI is InChI=1S/C17H15F3N4O/c18-17(19,20)14-7-5-12(6-8-14)11-13-3-1-2-4-15(13)16-21-23-24(22-16)9-10-25/h1-8,25H,9-11H2. The van der Waals surface area contributed by atoms with Crippen LogP contribution in [-0.2, 0) is 19.1 Å². The van der Waals surface area contributed by atoms with Crippen LogP contribution in [0.1, 0.15) is 16.7 Å². The molecule has 8 heteroatoms. The predicted octanol–water partition coefficient (Wildman–Crippen LogP) is 2.94. The summed E-state index contributed by atoms with van der Waals surface area (Å²) in [5, 5.41) is 21.0. The molecule has 0 amide bonds. The number of aliphatic hydroxyl groups excluding tert-OH is 1. The maximum absolute atomic E-state index is 12.7. The zero-order valence-corrected chi connectivity index (χ0v) is 13.1. The molecule has 130 valence electrons. The van der Waals surface area contributed by atoms with Crippen LogP contribution in [0.15, 0.2) is 48.5 Å². The van der Waals surface area contributed by atoms with Gasteiger partial charge in [0.25, 0.3) is 0 Å². The first-order valence-corrected chi connectivity index (χ1v) is 7.60. The molecule has 3 aromatic rings. The lowest BCUT2D eigenvalue weighted by molar-refractivity contribution is -0.137. The van der Waals surface area contributed by atoms with E-state index in [1.807, 2.05) is 24.3 Å². The van der Waals surface area contributed by atoms with E-state index in [0.29, 0.717) is 12.2 Å². The van der Waals surface area contributed by atoms with Crippen molar-refractivity contribution in [3.8, 4) is 11.4 Å². The van der Waals surface area contributed by atoms with Crippen LogP contribution in [0.4, 0.5) is 13.2 Å². The zero-order chi connectivity index (χ0) is 17.9. The van der Waals surface area contributed by atoms with Crippen LogP contribution in [0.3, 0.4) is 0 Å². The van der Waals surface area contributed by atoms with Crippen molar-refractivity contribution in [3.05, 3.63) is 65.2 Å². The lowest BCUT2D eigenvalue weighted by Gasteiger charge is -2.09. The van der Waals surface area contributed by atoms with Crippen LogP contribution in [0.5, 0.6) is 0 Å². The third-order valence-corrected chi connectivity index (χ3v) is 3.69. The van der Waals surface area contributed by atoms with Crippen molar-refractivity contribution in [1.29, 1.82) is 0 Å². The number of tetrazole rings is 1. The highest BCUT2D eigenvalue weighted by atomic mass is 19.4. The number of hydrogen-bond donors (Lipinski definition) is 1. The van der Waals surface area contributed by atoms with E-state index in [1.54, 1.807) is 0 Å². The lowest BCUT2D eigenvalue weighted by Crippen LogP contribution is -2.06. The number of aromatic nitrogens is 4. The van der Waals surface area contributed by atoms with Gasteiger partial charge in [-0.2, -0.15) is 18.0 Å². The molecule has 0 saturated heterocycles. The molecule has 5 nitrogen and oxygen atoms in total. The van der Waals surface area contributed by atoms with Gasteiger partial charge in [-0.25, -0.2) is 0 Å². The highest BCUT2D eigenvalue weighted by Crippen LogP contribution is 2.30. The van der Waals surface area contributed by atoms with Gasteiger partial charge in [-0.05, 0) is 34.9 Å². The van der Waals surface area contributed by atoms with E-state index in [9.17, 15) is 13.2 Å². The van der Waals surface area contributed by atoms with Crippen molar-refractivity contribution in [1.82, 2.24) is 20.2 Å². The van der Waals surface area contributed by atoms with Gasteiger partial charge in [-0.3, -0.25) is 0 Å². The Hall–Kier alpha value is -2.74. The van der Waals surface area contributed by atoms with Crippen LogP contribution in [-0.4, -0.2) is 31.9 Å². The minimum Gasteiger partial charge on any atom is -0.394 e. The summed E-state index contributed by atoms with van der Waals surface area (Å²) in [5.74, 6) is 0.413. The molecule has 0 aliphatic rings. The van der Waals surface area contributed by atoms with Crippen LogP contribution in [0.2, 0.25) is 0 Å². The largest absolute Gasteiger partial charge is 0.416 e. The highest BCUT2D eigenvalue weighted by molar-refractivity contribution is 5.60. The number of alkyl halides is 3. The van der Waals surface area contributed by atoms with E-state index in [1.165, 1.54) is 16.9 Å². The average Bonchev–Trinajstić information content (AvgIpc) is 3.04. The predicted molar refractivity (Wildman–Crippen MR) is 84.6 cm³/mol. The average molecular weight is 348 g/mol. The summed E-state index contributed by atoms with van der Waals surface area (Å²) in [6.07, 6.45) is -3.89. The fourth-order valence-electron chi connectivity index (χ4n) is 2.46. The molecule has 0 saturated carbocycles. The summed E-state index contributed by atoms with van der Waals surface area (Å²) >= 11 is 0. The Kier molecular flexibility index (Phi) is 4.80. The molecular weight excluding hydrogens is 333 g/mol. The number of benzene rings is 2. The van der Waals surface area contributed by atoms with Crippen LogP contribution in [0.25, 0.3) is 11.4 Å². The molecule has 1 N–H and O–H groups in total. The third-order valence-electron chi connectivity index (χ3n) is 3.69. The summed E-state index contributed by atoms with van der Waals surface area (Å²) in [7, 11) is 0. The molecule has 0 radical (unpaired) electrons. The first kappa shape index (κ1) is 17.1. The first-order chi connectivity index (χ1) is 12.0. The minimum atomic E-state index is -4.34. The van der Waals surface area contributed by atoms with E-state index >= 15 is 0 Å². The molecule has 25 heavy (non-hydrogen) atoms. The molecular formula is C17H15F3N4O. The van der Waals surface area contributed by atoms with Gasteiger partial charge in [-0.15, -0.1) is 10.2 Å². The Morgan fingerprint density at radius 1 is 1.00 bits per heavy atom. The number of aliphatic hydroxyl groups is 1. The highest BCUT2D eigenvalue weighted by Gasteiger charge is 2.29. The third kappa shape index (κ3) is 4.03. The van der Waals surface area contributed by atoms with Gasteiger partial charge in [0.05, 0.1) is 18.7 Å². The number of nitrogens with zero attached hydrogens (tertiary/aromatic N) is 4. The maximum Gasteiger partial charge on any atom is 0.416 e. The Morgan fingerprint density at radius 3 is 2.40 bits per heavy atom. The van der Waals surface area contributed by atoms with Crippen LogP contribution < -0.4 is 0 Å². The van der Waals surface area contributed by atoms with E-state index in [0.717, 1.165) is 28.8 Å². The summed E-state index contributed by atoms with van der Waals surface area (Å²) in [4.78, 5) is 1.30. The normalized spacial score (nSPS) is 11.7. The SMILES string of the molecule is OCCn1nnc(-c2ccccc2Cc2ccc(C(F)(F)F)cc2)n1. The molecule has 1 heterocycles. The zero-order valence-electron chi connectivity index (χ0n) is 13.1. The summed E-state index contributed by atoms with van der Waals surface area (Å²) in [5.41, 5.74) is 1.72. The van der Waals surface area contributed by atoms with Crippen LogP contribution >= 0.6 is 0 Å². The van der Waals surface area contributed by atoms with Gasteiger partial charge in [0.15, 0.2) is 0 Å². The molecule has 0 fully saturated rings. The second-order valence-electron chi connectivity index (χ2n) is 5.46. The van der Waals surface area contributed by atoms with E-state index < -0.39 is 11.7 Å². The molecule has 0 aliphatic carbocycles. The molecule has 0 bridgehead atoms. The smallest absolute Gasteiger partial charge is 0.394 e. The van der Waals surface area contributed by atoms with Gasteiger partial charge in [0, 0.05) is 5.56 Å². The van der Waals surface area contributed by atoms with Gasteiger partial charge in [0.1, 0.15) is 0 Å². The molecule has 0 atom stereocenters. The maximum atomic E-state index is 12.7. The topological polar surface area (TPSA) is 63.8 Å².